The molecule has 0 radical (unpaired) electrons. The predicted molar refractivity (Wildman–Crippen MR) is 155 cm³/mol. The number of hydrogen-bond donors (Lipinski definition) is 4. The number of nitrogens with zero attached hydrogens (tertiary/aromatic N) is 3. The molecule has 5 fully saturated rings. The lowest BCUT2D eigenvalue weighted by Crippen LogP contribution is -2.60. The van der Waals surface area contributed by atoms with Crippen LogP contribution in [0.2, 0.25) is 0 Å². The maximum Gasteiger partial charge on any atom is 0.224 e. The van der Waals surface area contributed by atoms with Gasteiger partial charge in [-0.1, -0.05) is 24.6 Å². The van der Waals surface area contributed by atoms with E-state index in [0.29, 0.717) is 41.2 Å². The van der Waals surface area contributed by atoms with Gasteiger partial charge in [0, 0.05) is 19.1 Å². The van der Waals surface area contributed by atoms with Gasteiger partial charge in [-0.05, 0) is 118 Å². The van der Waals surface area contributed by atoms with E-state index in [9.17, 15) is 10.4 Å². The zero-order valence-electron chi connectivity index (χ0n) is 23.8. The third kappa shape index (κ3) is 5.88. The van der Waals surface area contributed by atoms with Gasteiger partial charge in [0.15, 0.2) is 0 Å². The number of aliphatic hydroxyl groups is 1. The summed E-state index contributed by atoms with van der Waals surface area (Å²) in [6, 6.07) is 2.95. The predicted octanol–water partition coefficient (Wildman–Crippen LogP) is 5.42. The van der Waals surface area contributed by atoms with Gasteiger partial charge in [-0.2, -0.15) is 10.2 Å². The Labute approximate surface area is 234 Å². The zero-order chi connectivity index (χ0) is 27.0. The van der Waals surface area contributed by atoms with Crippen molar-refractivity contribution in [3.05, 3.63) is 35.1 Å². The smallest absolute Gasteiger partial charge is 0.224 e. The van der Waals surface area contributed by atoms with Crippen molar-refractivity contribution in [2.24, 2.45) is 35.0 Å². The van der Waals surface area contributed by atoms with Crippen LogP contribution in [0.5, 0.6) is 0 Å². The van der Waals surface area contributed by atoms with Crippen molar-refractivity contribution in [2.75, 3.05) is 30.3 Å². The Morgan fingerprint density at radius 1 is 1.10 bits per heavy atom. The highest BCUT2D eigenvalue weighted by atomic mass is 16.3. The van der Waals surface area contributed by atoms with Gasteiger partial charge < -0.3 is 21.1 Å². The highest BCUT2D eigenvalue weighted by molar-refractivity contribution is 5.54. The Balaban J connectivity index is 1.07. The Hall–Kier alpha value is -2.43. The number of allylic oxidation sites excluding steroid dienone is 2. The summed E-state index contributed by atoms with van der Waals surface area (Å²) in [6.07, 6.45) is 18.2. The van der Waals surface area contributed by atoms with E-state index >= 15 is 0 Å². The molecule has 4 unspecified atom stereocenters. The quantitative estimate of drug-likeness (QED) is 0.338. The van der Waals surface area contributed by atoms with Gasteiger partial charge in [-0.25, -0.2) is 4.98 Å². The molecule has 7 rings (SSSR count). The Kier molecular flexibility index (Phi) is 7.70. The lowest BCUT2D eigenvalue weighted by molar-refractivity contribution is -0.0704. The molecule has 4 bridgehead atoms. The first kappa shape index (κ1) is 26.8. The second kappa shape index (κ2) is 11.2. The molecule has 1 heterocycles. The van der Waals surface area contributed by atoms with Gasteiger partial charge in [0.2, 0.25) is 5.95 Å². The minimum Gasteiger partial charge on any atom is -0.393 e. The molecule has 7 nitrogen and oxygen atoms in total. The van der Waals surface area contributed by atoms with E-state index < -0.39 is 0 Å². The molecule has 0 spiro atoms. The van der Waals surface area contributed by atoms with Crippen LogP contribution in [-0.2, 0) is 0 Å². The highest BCUT2D eigenvalue weighted by Gasteiger charge is 2.55. The molecule has 1 aromatic rings. The third-order valence-corrected chi connectivity index (χ3v) is 10.6. The van der Waals surface area contributed by atoms with Crippen molar-refractivity contribution in [1.82, 2.24) is 15.3 Å². The fourth-order valence-corrected chi connectivity index (χ4v) is 8.76. The zero-order valence-corrected chi connectivity index (χ0v) is 23.8. The van der Waals surface area contributed by atoms with Gasteiger partial charge in [-0.15, -0.1) is 0 Å². The number of anilines is 2. The molecule has 6 aliphatic rings. The number of aromatic nitrogens is 2. The SMILES string of the molecule is CC1=CCC(C)C=C1CNc1ncc(C#N)c(NCC23CC4C[C@H](C2)C(NCC2CCC(O)CC2)[C@@H](C4)C3)n1. The van der Waals surface area contributed by atoms with Crippen LogP contribution in [0, 0.1) is 46.3 Å². The van der Waals surface area contributed by atoms with Gasteiger partial charge in [-0.3, -0.25) is 0 Å². The molecule has 0 aromatic carbocycles. The molecular formula is C32H46N6O. The lowest BCUT2D eigenvalue weighted by atomic mass is 9.48. The first-order chi connectivity index (χ1) is 18.9. The van der Waals surface area contributed by atoms with Crippen molar-refractivity contribution in [1.29, 1.82) is 5.26 Å². The average Bonchev–Trinajstić information content (AvgIpc) is 2.93. The minimum absolute atomic E-state index is 0.0717. The fourth-order valence-electron chi connectivity index (χ4n) is 8.76. The molecular weight excluding hydrogens is 484 g/mol. The minimum atomic E-state index is -0.0717. The molecule has 5 saturated carbocycles. The number of nitriles is 1. The molecule has 39 heavy (non-hydrogen) atoms. The summed E-state index contributed by atoms with van der Waals surface area (Å²) in [5.41, 5.74) is 3.44. The van der Waals surface area contributed by atoms with Crippen LogP contribution in [0.25, 0.3) is 0 Å². The van der Waals surface area contributed by atoms with Crippen molar-refractivity contribution in [2.45, 2.75) is 90.2 Å². The molecule has 7 heteroatoms. The van der Waals surface area contributed by atoms with Crippen molar-refractivity contribution in [3.63, 3.8) is 0 Å². The Morgan fingerprint density at radius 3 is 2.62 bits per heavy atom. The van der Waals surface area contributed by atoms with Crippen molar-refractivity contribution >= 4 is 11.8 Å². The second-order valence-electron chi connectivity index (χ2n) is 13.6. The number of nitrogens with one attached hydrogen (secondary N) is 3. The van der Waals surface area contributed by atoms with E-state index in [1.807, 2.05) is 0 Å². The molecule has 6 atom stereocenters. The molecule has 0 amide bonds. The standard InChI is InChI=1S/C32H46N6O/c1-20-3-4-21(2)26(9-20)17-35-31-36-18-27(15-33)30(38-31)37-19-32-12-23-10-24(13-32)29(25(11-23)14-32)34-16-22-5-7-28(39)8-6-22/h4,9,18,20,22-25,28-29,34,39H,3,5-8,10-14,16-17,19H2,1-2H3,(H2,35,36,37,38)/t20?,22?,23?,24-,25+,28?,29?,32?. The van der Waals surface area contributed by atoms with Crippen LogP contribution in [0.4, 0.5) is 11.8 Å². The van der Waals surface area contributed by atoms with Gasteiger partial charge >= 0.3 is 0 Å². The van der Waals surface area contributed by atoms with E-state index in [1.54, 1.807) is 6.20 Å². The van der Waals surface area contributed by atoms with Crippen LogP contribution in [0.3, 0.4) is 0 Å². The largest absolute Gasteiger partial charge is 0.393 e. The summed E-state index contributed by atoms with van der Waals surface area (Å²) in [7, 11) is 0. The van der Waals surface area contributed by atoms with E-state index in [4.69, 9.17) is 4.98 Å². The monoisotopic (exact) mass is 530 g/mol. The maximum atomic E-state index is 9.86. The molecule has 0 saturated heterocycles. The summed E-state index contributed by atoms with van der Waals surface area (Å²) < 4.78 is 0. The summed E-state index contributed by atoms with van der Waals surface area (Å²) in [4.78, 5) is 9.19. The van der Waals surface area contributed by atoms with Crippen molar-refractivity contribution < 1.29 is 5.11 Å². The molecule has 0 aliphatic heterocycles. The highest BCUT2D eigenvalue weighted by Crippen LogP contribution is 2.60. The van der Waals surface area contributed by atoms with Crippen LogP contribution < -0.4 is 16.0 Å². The summed E-state index contributed by atoms with van der Waals surface area (Å²) >= 11 is 0. The fraction of sp³-hybridized carbons (Fsp3) is 0.719. The van der Waals surface area contributed by atoms with Gasteiger partial charge in [0.05, 0.1) is 12.3 Å². The van der Waals surface area contributed by atoms with Crippen LogP contribution in [0.1, 0.15) is 83.6 Å². The third-order valence-electron chi connectivity index (χ3n) is 10.6. The number of rotatable bonds is 9. The van der Waals surface area contributed by atoms with Gasteiger partial charge in [0.25, 0.3) is 0 Å². The summed E-state index contributed by atoms with van der Waals surface area (Å²) in [5.74, 6) is 4.88. The van der Waals surface area contributed by atoms with Crippen molar-refractivity contribution in [3.8, 4) is 6.07 Å². The lowest BCUT2D eigenvalue weighted by Gasteiger charge is -2.60. The number of aliphatic hydroxyl groups excluding tert-OH is 1. The van der Waals surface area contributed by atoms with Gasteiger partial charge in [0.1, 0.15) is 17.5 Å². The topological polar surface area (TPSA) is 106 Å². The van der Waals surface area contributed by atoms with Crippen LogP contribution in [0.15, 0.2) is 29.5 Å². The van der Waals surface area contributed by atoms with E-state index in [2.05, 4.69) is 53.0 Å². The molecule has 1 aromatic heterocycles. The van der Waals surface area contributed by atoms with E-state index in [-0.39, 0.29) is 6.10 Å². The summed E-state index contributed by atoms with van der Waals surface area (Å²) in [6.45, 7) is 7.11. The van der Waals surface area contributed by atoms with E-state index in [0.717, 1.165) is 68.9 Å². The molecule has 4 N–H and O–H groups in total. The van der Waals surface area contributed by atoms with E-state index in [1.165, 1.54) is 43.3 Å². The maximum absolute atomic E-state index is 9.86. The normalized spacial score (nSPS) is 37.1. The van der Waals surface area contributed by atoms with Crippen LogP contribution in [-0.4, -0.2) is 46.9 Å². The molecule has 6 aliphatic carbocycles. The average molecular weight is 531 g/mol. The van der Waals surface area contributed by atoms with Crippen LogP contribution >= 0.6 is 0 Å². The first-order valence-corrected chi connectivity index (χ1v) is 15.4. The first-order valence-electron chi connectivity index (χ1n) is 15.4. The Morgan fingerprint density at radius 2 is 1.87 bits per heavy atom. The number of hydrogen-bond acceptors (Lipinski definition) is 7. The second-order valence-corrected chi connectivity index (χ2v) is 13.6. The summed E-state index contributed by atoms with van der Waals surface area (Å²) in [5, 5.41) is 30.7. The molecule has 210 valence electrons. The Bertz CT molecular complexity index is 1130.